The van der Waals surface area contributed by atoms with Crippen LogP contribution in [0.1, 0.15) is 22.5 Å². The summed E-state index contributed by atoms with van der Waals surface area (Å²) in [5.74, 6) is -0.208. The van der Waals surface area contributed by atoms with E-state index in [1.54, 1.807) is 18.7 Å². The molecule has 0 saturated carbocycles. The number of aromatic hydroxyl groups is 2. The lowest BCUT2D eigenvalue weighted by Crippen LogP contribution is -2.25. The number of carbonyl (C=O) groups is 2. The molecule has 2 aromatic carbocycles. The van der Waals surface area contributed by atoms with E-state index in [4.69, 9.17) is 14.2 Å². The van der Waals surface area contributed by atoms with Crippen molar-refractivity contribution in [3.8, 4) is 28.7 Å². The van der Waals surface area contributed by atoms with E-state index in [1.807, 2.05) is 24.3 Å². The number of aliphatic imine (C=N–C) groups is 1. The maximum absolute atomic E-state index is 12.4. The first-order valence-electron chi connectivity index (χ1n) is 11.2. The van der Waals surface area contributed by atoms with Crippen molar-refractivity contribution in [1.82, 2.24) is 19.8 Å². The maximum atomic E-state index is 12.4. The number of benzene rings is 2. The Kier molecular flexibility index (Phi) is 6.92. The molecular formula is C25H27N5O7. The predicted molar refractivity (Wildman–Crippen MR) is 133 cm³/mol. The normalized spacial score (nSPS) is 14.3. The van der Waals surface area contributed by atoms with Gasteiger partial charge in [0.2, 0.25) is 23.3 Å². The highest BCUT2D eigenvalue weighted by atomic mass is 16.5. The van der Waals surface area contributed by atoms with Gasteiger partial charge in [0.25, 0.3) is 5.91 Å². The van der Waals surface area contributed by atoms with Crippen LogP contribution in [-0.4, -0.2) is 70.8 Å². The molecule has 4 rings (SSSR count). The molecule has 194 valence electrons. The fourth-order valence-electron chi connectivity index (χ4n) is 4.01. The van der Waals surface area contributed by atoms with Gasteiger partial charge in [-0.2, -0.15) is 4.99 Å². The molecule has 0 bridgehead atoms. The Morgan fingerprint density at radius 3 is 2.22 bits per heavy atom. The standard InChI is InChI=1S/C25H27N5O7/c1-29-17(11-14-12-18(31)20(36-4)21(37-5)19(14)32)16(10-13-6-8-15(35-3)9-7-13)26-24(29)27-22-23(33)30(2)25(34)28-22/h6-9,12,31-32H,10-11H2,1-5H3,(H,26,27,28,34). The number of hydrogen-bond donors (Lipinski definition) is 3. The minimum absolute atomic E-state index is 0.000795. The summed E-state index contributed by atoms with van der Waals surface area (Å²) in [6.07, 6.45) is 0.540. The van der Waals surface area contributed by atoms with E-state index in [9.17, 15) is 19.8 Å². The summed E-state index contributed by atoms with van der Waals surface area (Å²) in [5, 5.41) is 23.7. The molecule has 37 heavy (non-hydrogen) atoms. The number of urea groups is 1. The van der Waals surface area contributed by atoms with Crippen molar-refractivity contribution in [3.05, 3.63) is 52.8 Å². The number of amidine groups is 1. The number of nitrogens with zero attached hydrogens (tertiary/aromatic N) is 4. The van der Waals surface area contributed by atoms with Crippen molar-refractivity contribution < 1.29 is 34.0 Å². The topological polar surface area (TPSA) is 148 Å². The van der Waals surface area contributed by atoms with Crippen molar-refractivity contribution in [2.75, 3.05) is 28.4 Å². The van der Waals surface area contributed by atoms with Crippen LogP contribution in [0.3, 0.4) is 0 Å². The van der Waals surface area contributed by atoms with Gasteiger partial charge in [-0.25, -0.2) is 9.78 Å². The molecule has 0 unspecified atom stereocenters. The third-order valence-electron chi connectivity index (χ3n) is 6.09. The average molecular weight is 510 g/mol. The molecule has 0 radical (unpaired) electrons. The predicted octanol–water partition coefficient (Wildman–Crippen LogP) is 2.25. The van der Waals surface area contributed by atoms with Gasteiger partial charge in [0.05, 0.1) is 27.0 Å². The molecule has 3 N–H and O–H groups in total. The smallest absolute Gasteiger partial charge is 0.329 e. The highest BCUT2D eigenvalue weighted by molar-refractivity contribution is 6.47. The minimum Gasteiger partial charge on any atom is -0.504 e. The van der Waals surface area contributed by atoms with Crippen LogP contribution in [0.15, 0.2) is 35.3 Å². The number of rotatable bonds is 8. The van der Waals surface area contributed by atoms with Crippen molar-refractivity contribution in [3.63, 3.8) is 0 Å². The van der Waals surface area contributed by atoms with E-state index >= 15 is 0 Å². The molecular weight excluding hydrogens is 482 g/mol. The number of ether oxygens (including phenoxy) is 3. The van der Waals surface area contributed by atoms with Crippen LogP contribution in [0.25, 0.3) is 0 Å². The van der Waals surface area contributed by atoms with Gasteiger partial charge in [-0.1, -0.05) is 12.1 Å². The number of hydrogen-bond acceptors (Lipinski definition) is 9. The van der Waals surface area contributed by atoms with Crippen molar-refractivity contribution in [2.24, 2.45) is 12.0 Å². The summed E-state index contributed by atoms with van der Waals surface area (Å²) >= 11 is 0. The van der Waals surface area contributed by atoms with Gasteiger partial charge in [-0.15, -0.1) is 0 Å². The van der Waals surface area contributed by atoms with E-state index in [-0.39, 0.29) is 41.2 Å². The molecule has 0 atom stereocenters. The summed E-state index contributed by atoms with van der Waals surface area (Å²) in [5.41, 5.74) is 2.56. The van der Waals surface area contributed by atoms with Gasteiger partial charge < -0.3 is 29.0 Å². The first kappa shape index (κ1) is 25.4. The number of amides is 3. The monoisotopic (exact) mass is 509 g/mol. The lowest BCUT2D eigenvalue weighted by atomic mass is 10.0. The highest BCUT2D eigenvalue weighted by Crippen LogP contribution is 2.46. The third-order valence-corrected chi connectivity index (χ3v) is 6.09. The molecule has 1 aliphatic rings. The van der Waals surface area contributed by atoms with Crippen LogP contribution in [0.5, 0.6) is 28.7 Å². The number of likely N-dealkylation sites (N-methyl/N-ethyl adjacent to an activating group) is 1. The Labute approximate surface area is 212 Å². The molecule has 3 amide bonds. The van der Waals surface area contributed by atoms with Crippen LogP contribution < -0.4 is 19.5 Å². The summed E-state index contributed by atoms with van der Waals surface area (Å²) < 4.78 is 17.3. The Morgan fingerprint density at radius 2 is 1.65 bits per heavy atom. The second-order valence-electron chi connectivity index (χ2n) is 8.29. The van der Waals surface area contributed by atoms with Crippen LogP contribution in [0.4, 0.5) is 10.7 Å². The van der Waals surface area contributed by atoms with Gasteiger partial charge >= 0.3 is 6.03 Å². The number of methoxy groups -OCH3 is 3. The van der Waals surface area contributed by atoms with E-state index in [0.29, 0.717) is 29.1 Å². The van der Waals surface area contributed by atoms with Crippen LogP contribution >= 0.6 is 0 Å². The Hall–Kier alpha value is -4.74. The molecule has 12 nitrogen and oxygen atoms in total. The molecule has 12 heteroatoms. The second-order valence-corrected chi connectivity index (χ2v) is 8.29. The zero-order valence-corrected chi connectivity index (χ0v) is 21.0. The van der Waals surface area contributed by atoms with E-state index in [0.717, 1.165) is 10.5 Å². The van der Waals surface area contributed by atoms with Gasteiger partial charge in [0.1, 0.15) is 5.75 Å². The van der Waals surface area contributed by atoms with E-state index in [2.05, 4.69) is 15.3 Å². The summed E-state index contributed by atoms with van der Waals surface area (Å²) in [4.78, 5) is 34.1. The summed E-state index contributed by atoms with van der Waals surface area (Å²) in [6.45, 7) is 0. The number of phenols is 2. The zero-order chi connectivity index (χ0) is 26.9. The fourth-order valence-corrected chi connectivity index (χ4v) is 4.01. The molecule has 3 aromatic rings. The molecule has 1 aliphatic heterocycles. The number of nitrogens with one attached hydrogen (secondary N) is 1. The average Bonchev–Trinajstić information content (AvgIpc) is 3.30. The number of phenolic OH excluding ortho intramolecular Hbond substituents is 2. The molecule has 0 aliphatic carbocycles. The van der Waals surface area contributed by atoms with Crippen LogP contribution in [0, 0.1) is 0 Å². The lowest BCUT2D eigenvalue weighted by molar-refractivity contribution is -0.119. The lowest BCUT2D eigenvalue weighted by Gasteiger charge is -2.15. The van der Waals surface area contributed by atoms with E-state index < -0.39 is 11.9 Å². The number of imide groups is 1. The van der Waals surface area contributed by atoms with Crippen molar-refractivity contribution in [2.45, 2.75) is 12.8 Å². The van der Waals surface area contributed by atoms with E-state index in [1.165, 1.54) is 27.3 Å². The van der Waals surface area contributed by atoms with Crippen molar-refractivity contribution >= 4 is 23.7 Å². The molecule has 2 heterocycles. The minimum atomic E-state index is -0.581. The third kappa shape index (κ3) is 4.73. The summed E-state index contributed by atoms with van der Waals surface area (Å²) in [6, 6.07) is 8.28. The highest BCUT2D eigenvalue weighted by Gasteiger charge is 2.32. The van der Waals surface area contributed by atoms with Gasteiger partial charge in [0.15, 0.2) is 11.5 Å². The zero-order valence-electron chi connectivity index (χ0n) is 21.0. The number of aromatic nitrogens is 2. The Bertz CT molecular complexity index is 1400. The first-order valence-corrected chi connectivity index (χ1v) is 11.2. The number of imidazole rings is 1. The van der Waals surface area contributed by atoms with Crippen LogP contribution in [-0.2, 0) is 24.7 Å². The number of carbonyl (C=O) groups excluding carboxylic acids is 2. The Morgan fingerprint density at radius 1 is 0.973 bits per heavy atom. The quantitative estimate of drug-likeness (QED) is 0.309. The maximum Gasteiger partial charge on any atom is 0.329 e. The van der Waals surface area contributed by atoms with Crippen LogP contribution in [0.2, 0.25) is 0 Å². The molecule has 0 spiro atoms. The van der Waals surface area contributed by atoms with Gasteiger partial charge in [-0.05, 0) is 23.8 Å². The second kappa shape index (κ2) is 10.1. The Balaban J connectivity index is 1.80. The first-order chi connectivity index (χ1) is 17.7. The van der Waals surface area contributed by atoms with Crippen molar-refractivity contribution in [1.29, 1.82) is 0 Å². The largest absolute Gasteiger partial charge is 0.504 e. The van der Waals surface area contributed by atoms with Gasteiger partial charge in [0, 0.05) is 38.2 Å². The molecule has 1 saturated heterocycles. The summed E-state index contributed by atoms with van der Waals surface area (Å²) in [7, 11) is 7.37. The molecule has 1 fully saturated rings. The fraction of sp³-hybridized carbons (Fsp3) is 0.280. The SMILES string of the molecule is COc1ccc(Cc2nc(N=C3NC(=O)N(C)C3=O)n(C)c2Cc2cc(O)c(OC)c(OC)c2O)cc1. The van der Waals surface area contributed by atoms with Gasteiger partial charge in [-0.3, -0.25) is 15.0 Å². The molecule has 1 aromatic heterocycles.